The van der Waals surface area contributed by atoms with Gasteiger partial charge in [0.05, 0.1) is 6.61 Å². The summed E-state index contributed by atoms with van der Waals surface area (Å²) in [5.41, 5.74) is 1.60. The summed E-state index contributed by atoms with van der Waals surface area (Å²) in [6.07, 6.45) is 3.17. The van der Waals surface area contributed by atoms with E-state index in [1.807, 2.05) is 18.2 Å². The fourth-order valence-electron chi connectivity index (χ4n) is 1.66. The Labute approximate surface area is 89.1 Å². The molecule has 80 valence electrons. The summed E-state index contributed by atoms with van der Waals surface area (Å²) in [5, 5.41) is 11.8. The molecule has 1 aromatic carbocycles. The molecule has 1 aliphatic rings. The highest BCUT2D eigenvalue weighted by Crippen LogP contribution is 2.27. The number of hydrogen-bond donors (Lipinski definition) is 2. The molecular formula is C12H15NO2. The van der Waals surface area contributed by atoms with E-state index in [2.05, 4.69) is 5.32 Å². The lowest BCUT2D eigenvalue weighted by molar-refractivity contribution is -0.122. The van der Waals surface area contributed by atoms with Crippen LogP contribution in [0.4, 0.5) is 5.69 Å². The van der Waals surface area contributed by atoms with Crippen LogP contribution in [0.15, 0.2) is 24.3 Å². The standard InChI is InChI=1S/C12H15NO2/c14-8-9-3-1-6-11(7-9)13-12(15)10-4-2-5-10/h1,3,6-7,10,14H,2,4-5,8H2,(H,13,15). The van der Waals surface area contributed by atoms with Gasteiger partial charge in [0.1, 0.15) is 0 Å². The summed E-state index contributed by atoms with van der Waals surface area (Å²) < 4.78 is 0. The summed E-state index contributed by atoms with van der Waals surface area (Å²) in [7, 11) is 0. The van der Waals surface area contributed by atoms with Crippen LogP contribution in [0.2, 0.25) is 0 Å². The summed E-state index contributed by atoms with van der Waals surface area (Å²) in [6, 6.07) is 7.31. The van der Waals surface area contributed by atoms with Crippen LogP contribution in [0.25, 0.3) is 0 Å². The van der Waals surface area contributed by atoms with Crippen molar-refractivity contribution in [2.75, 3.05) is 5.32 Å². The predicted molar refractivity (Wildman–Crippen MR) is 58.3 cm³/mol. The molecule has 0 heterocycles. The van der Waals surface area contributed by atoms with Crippen LogP contribution in [0, 0.1) is 5.92 Å². The average Bonchev–Trinajstić information content (AvgIpc) is 2.15. The van der Waals surface area contributed by atoms with Gasteiger partial charge in [-0.05, 0) is 30.5 Å². The second-order valence-electron chi connectivity index (χ2n) is 3.98. The van der Waals surface area contributed by atoms with Gasteiger partial charge in [0.15, 0.2) is 0 Å². The highest BCUT2D eigenvalue weighted by atomic mass is 16.3. The normalized spacial score (nSPS) is 15.8. The number of amides is 1. The molecule has 0 saturated heterocycles. The lowest BCUT2D eigenvalue weighted by Gasteiger charge is -2.24. The van der Waals surface area contributed by atoms with E-state index in [0.717, 1.165) is 30.5 Å². The van der Waals surface area contributed by atoms with Crippen molar-refractivity contribution in [2.45, 2.75) is 25.9 Å². The maximum absolute atomic E-state index is 11.6. The second kappa shape index (κ2) is 4.45. The largest absolute Gasteiger partial charge is 0.392 e. The molecule has 1 aliphatic carbocycles. The first-order chi connectivity index (χ1) is 7.29. The minimum Gasteiger partial charge on any atom is -0.392 e. The van der Waals surface area contributed by atoms with Gasteiger partial charge in [-0.2, -0.15) is 0 Å². The SMILES string of the molecule is O=C(Nc1cccc(CO)c1)C1CCC1. The van der Waals surface area contributed by atoms with Gasteiger partial charge in [0, 0.05) is 11.6 Å². The van der Waals surface area contributed by atoms with E-state index in [-0.39, 0.29) is 18.4 Å². The number of benzene rings is 1. The highest BCUT2D eigenvalue weighted by molar-refractivity contribution is 5.93. The van der Waals surface area contributed by atoms with E-state index in [9.17, 15) is 4.79 Å². The number of hydrogen-bond acceptors (Lipinski definition) is 2. The van der Waals surface area contributed by atoms with Gasteiger partial charge in [0.2, 0.25) is 5.91 Å². The molecule has 0 spiro atoms. The third-order valence-electron chi connectivity index (χ3n) is 2.85. The smallest absolute Gasteiger partial charge is 0.227 e. The molecule has 0 aromatic heterocycles. The Hall–Kier alpha value is -1.35. The minimum absolute atomic E-state index is 0.00708. The number of anilines is 1. The van der Waals surface area contributed by atoms with Crippen molar-refractivity contribution in [1.82, 2.24) is 0 Å². The highest BCUT2D eigenvalue weighted by Gasteiger charge is 2.24. The average molecular weight is 205 g/mol. The van der Waals surface area contributed by atoms with Gasteiger partial charge in [-0.15, -0.1) is 0 Å². The fraction of sp³-hybridized carbons (Fsp3) is 0.417. The second-order valence-corrected chi connectivity index (χ2v) is 3.98. The number of rotatable bonds is 3. The first kappa shape index (κ1) is 10.2. The van der Waals surface area contributed by atoms with Crippen molar-refractivity contribution in [2.24, 2.45) is 5.92 Å². The Kier molecular flexibility index (Phi) is 3.02. The summed E-state index contributed by atoms with van der Waals surface area (Å²) in [5.74, 6) is 0.305. The maximum Gasteiger partial charge on any atom is 0.227 e. The molecule has 2 rings (SSSR count). The zero-order valence-electron chi connectivity index (χ0n) is 8.57. The third kappa shape index (κ3) is 2.36. The molecule has 0 bridgehead atoms. The molecule has 0 atom stereocenters. The maximum atomic E-state index is 11.6. The van der Waals surface area contributed by atoms with Crippen LogP contribution in [0.3, 0.4) is 0 Å². The Morgan fingerprint density at radius 3 is 2.87 bits per heavy atom. The molecular weight excluding hydrogens is 190 g/mol. The first-order valence-electron chi connectivity index (χ1n) is 5.30. The Morgan fingerprint density at radius 2 is 2.27 bits per heavy atom. The molecule has 1 saturated carbocycles. The number of aliphatic hydroxyl groups excluding tert-OH is 1. The van der Waals surface area contributed by atoms with Gasteiger partial charge >= 0.3 is 0 Å². The molecule has 1 aromatic rings. The molecule has 3 heteroatoms. The van der Waals surface area contributed by atoms with Crippen molar-refractivity contribution in [3.05, 3.63) is 29.8 Å². The molecule has 0 aliphatic heterocycles. The van der Waals surface area contributed by atoms with E-state index in [0.29, 0.717) is 0 Å². The number of nitrogens with one attached hydrogen (secondary N) is 1. The van der Waals surface area contributed by atoms with E-state index in [1.165, 1.54) is 0 Å². The van der Waals surface area contributed by atoms with Crippen molar-refractivity contribution < 1.29 is 9.90 Å². The van der Waals surface area contributed by atoms with E-state index < -0.39 is 0 Å². The van der Waals surface area contributed by atoms with Crippen molar-refractivity contribution >= 4 is 11.6 Å². The monoisotopic (exact) mass is 205 g/mol. The van der Waals surface area contributed by atoms with Gasteiger partial charge in [-0.1, -0.05) is 18.6 Å². The van der Waals surface area contributed by atoms with Crippen molar-refractivity contribution in [1.29, 1.82) is 0 Å². The fourth-order valence-corrected chi connectivity index (χ4v) is 1.66. The topological polar surface area (TPSA) is 49.3 Å². The van der Waals surface area contributed by atoms with Crippen molar-refractivity contribution in [3.8, 4) is 0 Å². The van der Waals surface area contributed by atoms with Gasteiger partial charge in [-0.3, -0.25) is 4.79 Å². The van der Waals surface area contributed by atoms with Crippen molar-refractivity contribution in [3.63, 3.8) is 0 Å². The Bertz CT molecular complexity index is 358. The molecule has 1 fully saturated rings. The zero-order valence-corrected chi connectivity index (χ0v) is 8.57. The van der Waals surface area contributed by atoms with Crippen LogP contribution >= 0.6 is 0 Å². The summed E-state index contributed by atoms with van der Waals surface area (Å²) >= 11 is 0. The summed E-state index contributed by atoms with van der Waals surface area (Å²) in [6.45, 7) is 0.00708. The zero-order chi connectivity index (χ0) is 10.7. The van der Waals surface area contributed by atoms with E-state index in [1.54, 1.807) is 6.07 Å². The van der Waals surface area contributed by atoms with Gasteiger partial charge in [-0.25, -0.2) is 0 Å². The van der Waals surface area contributed by atoms with Crippen LogP contribution in [-0.2, 0) is 11.4 Å². The number of aliphatic hydroxyl groups is 1. The number of carbonyl (C=O) groups excluding carboxylic acids is 1. The van der Waals surface area contributed by atoms with E-state index in [4.69, 9.17) is 5.11 Å². The summed E-state index contributed by atoms with van der Waals surface area (Å²) in [4.78, 5) is 11.6. The Morgan fingerprint density at radius 1 is 1.47 bits per heavy atom. The minimum atomic E-state index is 0.00708. The molecule has 15 heavy (non-hydrogen) atoms. The number of carbonyl (C=O) groups is 1. The lowest BCUT2D eigenvalue weighted by atomic mass is 9.85. The van der Waals surface area contributed by atoms with Gasteiger partial charge < -0.3 is 10.4 Å². The van der Waals surface area contributed by atoms with E-state index >= 15 is 0 Å². The molecule has 0 radical (unpaired) electrons. The van der Waals surface area contributed by atoms with Crippen LogP contribution < -0.4 is 5.32 Å². The molecule has 0 unspecified atom stereocenters. The lowest BCUT2D eigenvalue weighted by Crippen LogP contribution is -2.28. The van der Waals surface area contributed by atoms with Gasteiger partial charge in [0.25, 0.3) is 0 Å². The van der Waals surface area contributed by atoms with Crippen LogP contribution in [-0.4, -0.2) is 11.0 Å². The first-order valence-corrected chi connectivity index (χ1v) is 5.30. The molecule has 3 nitrogen and oxygen atoms in total. The molecule has 1 amide bonds. The quantitative estimate of drug-likeness (QED) is 0.792. The third-order valence-corrected chi connectivity index (χ3v) is 2.85. The Balaban J connectivity index is 1.99. The van der Waals surface area contributed by atoms with Crippen LogP contribution in [0.1, 0.15) is 24.8 Å². The van der Waals surface area contributed by atoms with Crippen LogP contribution in [0.5, 0.6) is 0 Å². The predicted octanol–water partition coefficient (Wildman–Crippen LogP) is 1.92. The molecule has 2 N–H and O–H groups in total.